The highest BCUT2D eigenvalue weighted by molar-refractivity contribution is 7.84. The molecule has 0 bridgehead atoms. The molecule has 1 aromatic carbocycles. The number of hydrogen-bond acceptors (Lipinski definition) is 5. The maximum absolute atomic E-state index is 13.2. The van der Waals surface area contributed by atoms with E-state index in [-0.39, 0.29) is 29.2 Å². The van der Waals surface area contributed by atoms with Crippen LogP contribution in [0.15, 0.2) is 41.8 Å². The second-order valence-electron chi connectivity index (χ2n) is 10.1. The number of likely N-dealkylation sites (tertiary alicyclic amines) is 1. The molecule has 1 unspecified atom stereocenters. The van der Waals surface area contributed by atoms with Crippen LogP contribution in [-0.4, -0.2) is 51.6 Å². The predicted octanol–water partition coefficient (Wildman–Crippen LogP) is 4.56. The fourth-order valence-corrected chi connectivity index (χ4v) is 5.33. The lowest BCUT2D eigenvalue weighted by molar-refractivity contribution is 0.0673. The summed E-state index contributed by atoms with van der Waals surface area (Å²) in [6.45, 7) is 12.8. The molecule has 0 aliphatic carbocycles. The number of nitrogens with one attached hydrogen (secondary N) is 2. The molecule has 1 amide bonds. The molecule has 0 radical (unpaired) electrons. The van der Waals surface area contributed by atoms with Crippen molar-refractivity contribution in [1.29, 1.82) is 0 Å². The van der Waals surface area contributed by atoms with Gasteiger partial charge < -0.3 is 19.4 Å². The number of carbonyl (C=O) groups is 1. The molecule has 202 valence electrons. The highest BCUT2D eigenvalue weighted by Crippen LogP contribution is 2.39. The second-order valence-corrected chi connectivity index (χ2v) is 12.5. The minimum absolute atomic E-state index is 0.0744. The summed E-state index contributed by atoms with van der Waals surface area (Å²) in [5.74, 6) is 0.663. The standard InChI is InChI=1S/C27H36ClN3O5S/c1-7-12-36-22-13-17(2)21(28)15-20(22)24(30-37(34)27(3,4)5)18-8-10-31(11-9-18)26(33)19-14-23(35-6)25(32)29-16-19/h7,13-16,18,24,30H,1,8-12H2,2-6H3,(H,29,32)/t24-,37?/m1/s1. The van der Waals surface area contributed by atoms with Gasteiger partial charge in [-0.25, -0.2) is 8.93 Å². The lowest BCUT2D eigenvalue weighted by Crippen LogP contribution is -2.44. The normalized spacial score (nSPS) is 16.2. The first kappa shape index (κ1) is 28.9. The van der Waals surface area contributed by atoms with E-state index in [0.29, 0.717) is 48.9 Å². The molecular weight excluding hydrogens is 514 g/mol. The summed E-state index contributed by atoms with van der Waals surface area (Å²) >= 11 is 6.53. The molecule has 2 N–H and O–H groups in total. The number of piperidine rings is 1. The summed E-state index contributed by atoms with van der Waals surface area (Å²) < 4.78 is 27.1. The van der Waals surface area contributed by atoms with Crippen molar-refractivity contribution >= 4 is 28.5 Å². The van der Waals surface area contributed by atoms with E-state index in [2.05, 4.69) is 16.3 Å². The van der Waals surface area contributed by atoms with E-state index in [4.69, 9.17) is 21.1 Å². The molecule has 10 heteroatoms. The van der Waals surface area contributed by atoms with E-state index >= 15 is 0 Å². The molecule has 1 aliphatic rings. The van der Waals surface area contributed by atoms with Gasteiger partial charge in [0.15, 0.2) is 5.75 Å². The Balaban J connectivity index is 1.88. The summed E-state index contributed by atoms with van der Waals surface area (Å²) in [5.41, 5.74) is 1.70. The van der Waals surface area contributed by atoms with Gasteiger partial charge in [-0.2, -0.15) is 0 Å². The Morgan fingerprint density at radius 3 is 2.57 bits per heavy atom. The molecule has 1 fully saturated rings. The first-order valence-electron chi connectivity index (χ1n) is 12.2. The van der Waals surface area contributed by atoms with Gasteiger partial charge in [-0.15, -0.1) is 0 Å². The van der Waals surface area contributed by atoms with Crippen LogP contribution in [-0.2, 0) is 11.0 Å². The maximum Gasteiger partial charge on any atom is 0.290 e. The van der Waals surface area contributed by atoms with Gasteiger partial charge in [-0.05, 0) is 64.2 Å². The molecule has 8 nitrogen and oxygen atoms in total. The van der Waals surface area contributed by atoms with Gasteiger partial charge >= 0.3 is 0 Å². The topological polar surface area (TPSA) is 101 Å². The van der Waals surface area contributed by atoms with Gasteiger partial charge in [0.05, 0.1) is 34.4 Å². The SMILES string of the molecule is C=CCOc1cc(C)c(Cl)cc1[C@H](NS(=O)C(C)(C)C)C1CCN(C(=O)c2c[nH]c(=O)c(OC)c2)CC1. The van der Waals surface area contributed by atoms with Crippen molar-refractivity contribution in [2.75, 3.05) is 26.8 Å². The van der Waals surface area contributed by atoms with Gasteiger partial charge in [0, 0.05) is 35.9 Å². The van der Waals surface area contributed by atoms with Crippen LogP contribution in [0.3, 0.4) is 0 Å². The van der Waals surface area contributed by atoms with E-state index in [1.807, 2.05) is 39.8 Å². The number of hydrogen-bond donors (Lipinski definition) is 2. The molecule has 2 aromatic rings. The minimum atomic E-state index is -1.35. The van der Waals surface area contributed by atoms with Crippen molar-refractivity contribution in [1.82, 2.24) is 14.6 Å². The molecule has 1 saturated heterocycles. The highest BCUT2D eigenvalue weighted by Gasteiger charge is 2.34. The summed E-state index contributed by atoms with van der Waals surface area (Å²) in [4.78, 5) is 29.2. The summed E-state index contributed by atoms with van der Waals surface area (Å²) in [5, 5.41) is 0.605. The van der Waals surface area contributed by atoms with Crippen LogP contribution in [0.25, 0.3) is 0 Å². The number of halogens is 1. The number of amides is 1. The number of aromatic amines is 1. The number of benzene rings is 1. The van der Waals surface area contributed by atoms with Crippen molar-refractivity contribution in [3.05, 3.63) is 69.1 Å². The Bertz CT molecular complexity index is 1220. The average molecular weight is 550 g/mol. The highest BCUT2D eigenvalue weighted by atomic mass is 35.5. The van der Waals surface area contributed by atoms with Gasteiger partial charge in [-0.1, -0.05) is 24.3 Å². The smallest absolute Gasteiger partial charge is 0.290 e. The Morgan fingerprint density at radius 2 is 1.97 bits per heavy atom. The molecule has 2 heterocycles. The maximum atomic E-state index is 13.2. The van der Waals surface area contributed by atoms with Crippen LogP contribution in [0.4, 0.5) is 0 Å². The number of aromatic nitrogens is 1. The monoisotopic (exact) mass is 549 g/mol. The fraction of sp³-hybridized carbons (Fsp3) is 0.481. The zero-order valence-corrected chi connectivity index (χ0v) is 23.6. The van der Waals surface area contributed by atoms with Crippen LogP contribution in [0, 0.1) is 12.8 Å². The molecular formula is C27H36ClN3O5S. The van der Waals surface area contributed by atoms with E-state index in [0.717, 1.165) is 11.1 Å². The number of ether oxygens (including phenoxy) is 2. The van der Waals surface area contributed by atoms with E-state index < -0.39 is 15.7 Å². The zero-order chi connectivity index (χ0) is 27.3. The molecule has 37 heavy (non-hydrogen) atoms. The number of aryl methyl sites for hydroxylation is 1. The largest absolute Gasteiger partial charge is 0.491 e. The fourth-order valence-electron chi connectivity index (χ4n) is 4.25. The Hall–Kier alpha value is -2.62. The van der Waals surface area contributed by atoms with Crippen LogP contribution in [0.5, 0.6) is 11.5 Å². The lowest BCUT2D eigenvalue weighted by atomic mass is 9.85. The second kappa shape index (κ2) is 12.3. The van der Waals surface area contributed by atoms with E-state index in [9.17, 15) is 13.8 Å². The molecule has 1 aliphatic heterocycles. The van der Waals surface area contributed by atoms with Crippen LogP contribution in [0.2, 0.25) is 5.02 Å². The van der Waals surface area contributed by atoms with Crippen molar-refractivity contribution in [3.8, 4) is 11.5 Å². The van der Waals surface area contributed by atoms with Gasteiger partial charge in [0.2, 0.25) is 0 Å². The van der Waals surface area contributed by atoms with Crippen molar-refractivity contribution < 1.29 is 18.5 Å². The number of rotatable bonds is 9. The lowest BCUT2D eigenvalue weighted by Gasteiger charge is -2.38. The first-order chi connectivity index (χ1) is 17.5. The number of H-pyrrole nitrogens is 1. The van der Waals surface area contributed by atoms with Crippen molar-refractivity contribution in [3.63, 3.8) is 0 Å². The van der Waals surface area contributed by atoms with E-state index in [1.165, 1.54) is 19.4 Å². The van der Waals surface area contributed by atoms with Crippen molar-refractivity contribution in [2.45, 2.75) is 51.3 Å². The molecule has 3 rings (SSSR count). The minimum Gasteiger partial charge on any atom is -0.491 e. The van der Waals surface area contributed by atoms with Gasteiger partial charge in [0.1, 0.15) is 12.4 Å². The Labute approximate surface area is 226 Å². The number of methoxy groups -OCH3 is 1. The molecule has 0 spiro atoms. The first-order valence-corrected chi connectivity index (χ1v) is 13.8. The average Bonchev–Trinajstić information content (AvgIpc) is 2.87. The van der Waals surface area contributed by atoms with E-state index in [1.54, 1.807) is 11.0 Å². The number of carbonyl (C=O) groups excluding carboxylic acids is 1. The zero-order valence-electron chi connectivity index (χ0n) is 22.1. The Morgan fingerprint density at radius 1 is 1.30 bits per heavy atom. The van der Waals surface area contributed by atoms with Crippen molar-refractivity contribution in [2.24, 2.45) is 5.92 Å². The molecule has 2 atom stereocenters. The third kappa shape index (κ3) is 7.03. The predicted molar refractivity (Wildman–Crippen MR) is 148 cm³/mol. The van der Waals surface area contributed by atoms with Crippen LogP contribution in [0.1, 0.15) is 61.1 Å². The summed E-state index contributed by atoms with van der Waals surface area (Å²) in [6, 6.07) is 4.94. The quantitative estimate of drug-likeness (QED) is 0.447. The summed E-state index contributed by atoms with van der Waals surface area (Å²) in [7, 11) is 0.0464. The third-order valence-electron chi connectivity index (χ3n) is 6.41. The Kier molecular flexibility index (Phi) is 9.61. The van der Waals surface area contributed by atoms with Gasteiger partial charge in [0.25, 0.3) is 11.5 Å². The van der Waals surface area contributed by atoms with Gasteiger partial charge in [-0.3, -0.25) is 9.59 Å². The molecule has 0 saturated carbocycles. The number of pyridine rings is 1. The molecule has 1 aromatic heterocycles. The number of nitrogens with zero attached hydrogens (tertiary/aromatic N) is 1. The van der Waals surface area contributed by atoms with Crippen LogP contribution < -0.4 is 19.8 Å². The van der Waals surface area contributed by atoms with Crippen LogP contribution >= 0.6 is 11.6 Å². The summed E-state index contributed by atoms with van der Waals surface area (Å²) in [6.07, 6.45) is 4.45. The third-order valence-corrected chi connectivity index (χ3v) is 8.39.